The third-order valence-corrected chi connectivity index (χ3v) is 5.61. The van der Waals surface area contributed by atoms with Crippen molar-refractivity contribution in [3.63, 3.8) is 0 Å². The van der Waals surface area contributed by atoms with Gasteiger partial charge in [-0.05, 0) is 48.6 Å². The van der Waals surface area contributed by atoms with E-state index in [2.05, 4.69) is 26.0 Å². The van der Waals surface area contributed by atoms with Crippen LogP contribution < -0.4 is 4.74 Å². The molecule has 3 heteroatoms. The van der Waals surface area contributed by atoms with Crippen LogP contribution in [-0.4, -0.2) is 18.2 Å². The van der Waals surface area contributed by atoms with Gasteiger partial charge in [-0.1, -0.05) is 44.2 Å². The Balaban J connectivity index is 1.61. The minimum Gasteiger partial charge on any atom is -0.426 e. The number of fused-ring (bicyclic) bond motifs is 2. The molecule has 2 fully saturated rings. The summed E-state index contributed by atoms with van der Waals surface area (Å²) < 4.78 is 11.3. The zero-order chi connectivity index (χ0) is 16.7. The number of ether oxygens (including phenoxy) is 2. The second-order valence-corrected chi connectivity index (χ2v) is 7.15. The van der Waals surface area contributed by atoms with Crippen LogP contribution in [0.3, 0.4) is 0 Å². The van der Waals surface area contributed by atoms with Crippen LogP contribution in [0.5, 0.6) is 5.75 Å². The summed E-state index contributed by atoms with van der Waals surface area (Å²) in [6.07, 6.45) is 4.46. The molecule has 0 bridgehead atoms. The maximum atomic E-state index is 12.6. The summed E-state index contributed by atoms with van der Waals surface area (Å²) in [7, 11) is 0. The van der Waals surface area contributed by atoms with Crippen LogP contribution >= 0.6 is 0 Å². The van der Waals surface area contributed by atoms with Crippen LogP contribution in [-0.2, 0) is 9.53 Å². The lowest BCUT2D eigenvalue weighted by molar-refractivity contribution is -0.139. The Morgan fingerprint density at radius 1 is 1.17 bits per heavy atom. The van der Waals surface area contributed by atoms with Crippen LogP contribution in [0.25, 0.3) is 10.8 Å². The summed E-state index contributed by atoms with van der Waals surface area (Å²) >= 11 is 0. The van der Waals surface area contributed by atoms with E-state index in [1.807, 2.05) is 24.3 Å². The largest absolute Gasteiger partial charge is 0.426 e. The number of hydrogen-bond donors (Lipinski definition) is 0. The van der Waals surface area contributed by atoms with E-state index >= 15 is 0 Å². The fourth-order valence-electron chi connectivity index (χ4n) is 3.84. The van der Waals surface area contributed by atoms with Gasteiger partial charge in [0, 0.05) is 5.39 Å². The van der Waals surface area contributed by atoms with Crippen molar-refractivity contribution in [2.45, 2.75) is 57.7 Å². The number of esters is 1. The first-order chi connectivity index (χ1) is 11.7. The predicted molar refractivity (Wildman–Crippen MR) is 94.3 cm³/mol. The molecule has 1 aliphatic carbocycles. The standard InChI is InChI=1S/C21H24O3/c1-3-13(2)15-9-11-18(17-7-5-4-6-16(15)17)24-21(22)14-8-10-19-20(12-14)23-19/h4-7,9,11,13-14,19-20H,3,8,10,12H2,1-2H3. The van der Waals surface area contributed by atoms with Crippen molar-refractivity contribution >= 4 is 16.7 Å². The number of hydrogen-bond acceptors (Lipinski definition) is 3. The second kappa shape index (κ2) is 6.21. The van der Waals surface area contributed by atoms with E-state index in [1.54, 1.807) is 0 Å². The van der Waals surface area contributed by atoms with Crippen LogP contribution in [0.15, 0.2) is 36.4 Å². The first-order valence-electron chi connectivity index (χ1n) is 9.06. The van der Waals surface area contributed by atoms with Crippen LogP contribution in [0.2, 0.25) is 0 Å². The molecule has 4 rings (SSSR count). The quantitative estimate of drug-likeness (QED) is 0.459. The first-order valence-corrected chi connectivity index (χ1v) is 9.06. The van der Waals surface area contributed by atoms with Gasteiger partial charge in [-0.25, -0.2) is 0 Å². The minimum absolute atomic E-state index is 0.0262. The highest BCUT2D eigenvalue weighted by atomic mass is 16.6. The normalized spacial score (nSPS) is 26.7. The van der Waals surface area contributed by atoms with E-state index in [0.29, 0.717) is 23.9 Å². The monoisotopic (exact) mass is 324 g/mol. The molecule has 0 amide bonds. The molecule has 2 aliphatic rings. The Hall–Kier alpha value is -1.87. The fourth-order valence-corrected chi connectivity index (χ4v) is 3.84. The summed E-state index contributed by atoms with van der Waals surface area (Å²) in [4.78, 5) is 12.6. The lowest BCUT2D eigenvalue weighted by Gasteiger charge is -2.19. The van der Waals surface area contributed by atoms with Gasteiger partial charge in [0.2, 0.25) is 0 Å². The van der Waals surface area contributed by atoms with E-state index in [0.717, 1.165) is 31.1 Å². The van der Waals surface area contributed by atoms with Gasteiger partial charge in [0.25, 0.3) is 0 Å². The highest BCUT2D eigenvalue weighted by molar-refractivity contribution is 5.93. The number of rotatable bonds is 4. The van der Waals surface area contributed by atoms with E-state index < -0.39 is 0 Å². The predicted octanol–water partition coefficient (Wildman–Crippen LogP) is 4.83. The Labute approximate surface area is 143 Å². The Bertz CT molecular complexity index is 767. The average molecular weight is 324 g/mol. The van der Waals surface area contributed by atoms with E-state index in [-0.39, 0.29) is 11.9 Å². The topological polar surface area (TPSA) is 38.8 Å². The maximum absolute atomic E-state index is 12.6. The Morgan fingerprint density at radius 2 is 1.96 bits per heavy atom. The lowest BCUT2D eigenvalue weighted by atomic mass is 9.89. The van der Waals surface area contributed by atoms with E-state index in [9.17, 15) is 4.79 Å². The summed E-state index contributed by atoms with van der Waals surface area (Å²) in [6, 6.07) is 12.3. The van der Waals surface area contributed by atoms with Gasteiger partial charge in [-0.15, -0.1) is 0 Å². The van der Waals surface area contributed by atoms with Crippen LogP contribution in [0.4, 0.5) is 0 Å². The number of benzene rings is 2. The zero-order valence-corrected chi connectivity index (χ0v) is 14.3. The van der Waals surface area contributed by atoms with Crippen molar-refractivity contribution in [1.82, 2.24) is 0 Å². The van der Waals surface area contributed by atoms with Crippen molar-refractivity contribution in [2.75, 3.05) is 0 Å². The van der Waals surface area contributed by atoms with Crippen LogP contribution in [0.1, 0.15) is 51.0 Å². The van der Waals surface area contributed by atoms with Gasteiger partial charge in [0.15, 0.2) is 0 Å². The average Bonchev–Trinajstić information content (AvgIpc) is 3.40. The molecule has 3 nitrogen and oxygen atoms in total. The maximum Gasteiger partial charge on any atom is 0.314 e. The number of carbonyl (C=O) groups is 1. The third-order valence-electron chi connectivity index (χ3n) is 5.61. The molecule has 4 atom stereocenters. The van der Waals surface area contributed by atoms with Gasteiger partial charge in [-0.3, -0.25) is 4.79 Å². The third kappa shape index (κ3) is 2.82. The minimum atomic E-state index is -0.106. The van der Waals surface area contributed by atoms with Crippen molar-refractivity contribution in [2.24, 2.45) is 5.92 Å². The van der Waals surface area contributed by atoms with Crippen molar-refractivity contribution in [1.29, 1.82) is 0 Å². The molecule has 126 valence electrons. The summed E-state index contributed by atoms with van der Waals surface area (Å²) in [5, 5.41) is 2.21. The Kier molecular flexibility index (Phi) is 4.05. The fraction of sp³-hybridized carbons (Fsp3) is 0.476. The van der Waals surface area contributed by atoms with Crippen LogP contribution in [0, 0.1) is 5.92 Å². The molecule has 1 saturated carbocycles. The molecule has 0 N–H and O–H groups in total. The Morgan fingerprint density at radius 3 is 2.71 bits per heavy atom. The van der Waals surface area contributed by atoms with Gasteiger partial charge in [0.05, 0.1) is 18.1 Å². The SMILES string of the molecule is CCC(C)c1ccc(OC(=O)C2CCC3OC3C2)c2ccccc12. The number of carbonyl (C=O) groups excluding carboxylic acids is 1. The molecule has 4 unspecified atom stereocenters. The molecule has 2 aromatic carbocycles. The van der Waals surface area contributed by atoms with Gasteiger partial charge in [-0.2, -0.15) is 0 Å². The number of epoxide rings is 1. The van der Waals surface area contributed by atoms with Gasteiger partial charge >= 0.3 is 5.97 Å². The van der Waals surface area contributed by atoms with Crippen molar-refractivity contribution < 1.29 is 14.3 Å². The summed E-state index contributed by atoms with van der Waals surface area (Å²) in [5.74, 6) is 1.04. The highest BCUT2D eigenvalue weighted by Gasteiger charge is 2.46. The summed E-state index contributed by atoms with van der Waals surface area (Å²) in [6.45, 7) is 4.44. The van der Waals surface area contributed by atoms with E-state index in [1.165, 1.54) is 10.9 Å². The molecule has 1 heterocycles. The van der Waals surface area contributed by atoms with Crippen molar-refractivity contribution in [3.05, 3.63) is 42.0 Å². The molecule has 1 aliphatic heterocycles. The lowest BCUT2D eigenvalue weighted by Crippen LogP contribution is -2.26. The molecule has 24 heavy (non-hydrogen) atoms. The smallest absolute Gasteiger partial charge is 0.314 e. The second-order valence-electron chi connectivity index (χ2n) is 7.15. The molecule has 0 aromatic heterocycles. The molecular formula is C21H24O3. The molecule has 2 aromatic rings. The van der Waals surface area contributed by atoms with Gasteiger partial charge in [0.1, 0.15) is 5.75 Å². The van der Waals surface area contributed by atoms with Gasteiger partial charge < -0.3 is 9.47 Å². The summed E-state index contributed by atoms with van der Waals surface area (Å²) in [5.41, 5.74) is 1.32. The molecule has 0 spiro atoms. The first kappa shape index (κ1) is 15.6. The molecular weight excluding hydrogens is 300 g/mol. The molecule has 0 radical (unpaired) electrons. The highest BCUT2D eigenvalue weighted by Crippen LogP contribution is 2.40. The van der Waals surface area contributed by atoms with Crippen molar-refractivity contribution in [3.8, 4) is 5.75 Å². The molecule has 1 saturated heterocycles. The van der Waals surface area contributed by atoms with E-state index in [4.69, 9.17) is 9.47 Å². The zero-order valence-electron chi connectivity index (χ0n) is 14.3.